The number of pyridine rings is 1. The topological polar surface area (TPSA) is 62.2 Å². The van der Waals surface area contributed by atoms with E-state index in [2.05, 4.69) is 20.9 Å². The van der Waals surface area contributed by atoms with Gasteiger partial charge in [-0.3, -0.25) is 0 Å². The van der Waals surface area contributed by atoms with Gasteiger partial charge >= 0.3 is 29.6 Å². The summed E-state index contributed by atoms with van der Waals surface area (Å²) in [5.74, 6) is -1.26. The Balaban J connectivity index is 0.00000306. The molecule has 0 spiro atoms. The molecule has 0 fully saturated rings. The van der Waals surface area contributed by atoms with Crippen molar-refractivity contribution in [3.63, 3.8) is 0 Å². The van der Waals surface area contributed by atoms with Crippen LogP contribution in [0.4, 0.5) is 4.39 Å². The number of aromatic carboxylic acids is 1. The third-order valence-electron chi connectivity index (χ3n) is 4.79. The smallest absolute Gasteiger partial charge is 0.543 e. The normalized spacial score (nSPS) is 10.4. The first kappa shape index (κ1) is 25.4. The zero-order chi connectivity index (χ0) is 22.7. The van der Waals surface area contributed by atoms with Crippen molar-refractivity contribution in [3.05, 3.63) is 105 Å². The van der Waals surface area contributed by atoms with Crippen molar-refractivity contribution in [2.45, 2.75) is 6.61 Å². The fourth-order valence-electron chi connectivity index (χ4n) is 3.27. The minimum atomic E-state index is -1.35. The third kappa shape index (κ3) is 6.02. The van der Waals surface area contributed by atoms with Crippen LogP contribution in [-0.4, -0.2) is 11.0 Å². The van der Waals surface area contributed by atoms with Crippen LogP contribution in [0.5, 0.6) is 5.75 Å². The van der Waals surface area contributed by atoms with Crippen LogP contribution in [0.2, 0.25) is 5.02 Å². The SMILES string of the molecule is O=C([O-])c1cccc(-c2ccccc2-c2cc(Br)ccc2OCc2ccc(Cl)cc2F)n1.[Na+]. The molecule has 3 aromatic carbocycles. The van der Waals surface area contributed by atoms with Crippen molar-refractivity contribution in [1.29, 1.82) is 0 Å². The molecule has 4 aromatic rings. The van der Waals surface area contributed by atoms with Gasteiger partial charge in [-0.1, -0.05) is 63.9 Å². The summed E-state index contributed by atoms with van der Waals surface area (Å²) < 4.78 is 21.0. The molecule has 8 heteroatoms. The number of nitrogens with zero attached hydrogens (tertiary/aromatic N) is 1. The van der Waals surface area contributed by atoms with Crippen LogP contribution in [0.15, 0.2) is 83.3 Å². The van der Waals surface area contributed by atoms with Crippen LogP contribution in [0.25, 0.3) is 22.4 Å². The number of carboxylic acids is 1. The molecule has 0 amide bonds. The molecule has 0 unspecified atom stereocenters. The Labute approximate surface area is 225 Å². The van der Waals surface area contributed by atoms with Crippen LogP contribution < -0.4 is 39.4 Å². The molecule has 1 aromatic heterocycles. The molecule has 0 atom stereocenters. The second-order valence-electron chi connectivity index (χ2n) is 6.91. The van der Waals surface area contributed by atoms with E-state index >= 15 is 0 Å². The molecule has 0 bridgehead atoms. The third-order valence-corrected chi connectivity index (χ3v) is 5.52. The summed E-state index contributed by atoms with van der Waals surface area (Å²) >= 11 is 9.32. The first-order valence-corrected chi connectivity index (χ1v) is 10.7. The van der Waals surface area contributed by atoms with E-state index in [0.717, 1.165) is 21.2 Å². The number of aromatic nitrogens is 1. The molecule has 0 N–H and O–H groups in total. The minimum Gasteiger partial charge on any atom is -0.543 e. The maximum atomic E-state index is 14.2. The van der Waals surface area contributed by atoms with Crippen LogP contribution in [0.1, 0.15) is 16.1 Å². The molecule has 4 rings (SSSR count). The Hall–Kier alpha value is -2.22. The molecule has 0 radical (unpaired) electrons. The first-order valence-electron chi connectivity index (χ1n) is 9.57. The Morgan fingerprint density at radius 1 is 0.970 bits per heavy atom. The van der Waals surface area contributed by atoms with E-state index in [-0.39, 0.29) is 41.9 Å². The van der Waals surface area contributed by atoms with E-state index < -0.39 is 11.8 Å². The Kier molecular flexibility index (Phi) is 8.68. The van der Waals surface area contributed by atoms with Gasteiger partial charge in [0.05, 0.1) is 17.4 Å². The molecule has 0 saturated carbocycles. The van der Waals surface area contributed by atoms with Crippen LogP contribution in [0.3, 0.4) is 0 Å². The fraction of sp³-hybridized carbons (Fsp3) is 0.0400. The number of rotatable bonds is 6. The quantitative estimate of drug-likeness (QED) is 0.357. The van der Waals surface area contributed by atoms with Gasteiger partial charge in [0.15, 0.2) is 0 Å². The van der Waals surface area contributed by atoms with Gasteiger partial charge in [-0.15, -0.1) is 0 Å². The summed E-state index contributed by atoms with van der Waals surface area (Å²) in [5.41, 5.74) is 2.95. The fourth-order valence-corrected chi connectivity index (χ4v) is 3.79. The molecule has 0 saturated heterocycles. The van der Waals surface area contributed by atoms with Gasteiger partial charge in [0.2, 0.25) is 0 Å². The predicted octanol–water partition coefficient (Wildman–Crippen LogP) is 2.92. The van der Waals surface area contributed by atoms with E-state index in [1.807, 2.05) is 36.4 Å². The number of hydrogen-bond donors (Lipinski definition) is 0. The molecule has 4 nitrogen and oxygen atoms in total. The summed E-state index contributed by atoms with van der Waals surface area (Å²) in [5, 5.41) is 11.6. The molecule has 0 aliphatic heterocycles. The second kappa shape index (κ2) is 11.3. The maximum Gasteiger partial charge on any atom is 1.00 e. The number of hydrogen-bond acceptors (Lipinski definition) is 4. The van der Waals surface area contributed by atoms with E-state index in [9.17, 15) is 14.3 Å². The molecule has 160 valence electrons. The first-order chi connectivity index (χ1) is 15.4. The minimum absolute atomic E-state index is 0. The zero-order valence-corrected chi connectivity index (χ0v) is 21.9. The van der Waals surface area contributed by atoms with Gasteiger partial charge in [-0.25, -0.2) is 9.37 Å². The molecular weight excluding hydrogens is 520 g/mol. The maximum absolute atomic E-state index is 14.2. The number of halogens is 3. The van der Waals surface area contributed by atoms with E-state index in [4.69, 9.17) is 16.3 Å². The predicted molar refractivity (Wildman–Crippen MR) is 123 cm³/mol. The van der Waals surface area contributed by atoms with Crippen molar-refractivity contribution in [3.8, 4) is 28.1 Å². The van der Waals surface area contributed by atoms with Crippen LogP contribution in [-0.2, 0) is 6.61 Å². The number of carboxylic acid groups (broad SMARTS) is 1. The van der Waals surface area contributed by atoms with Gasteiger partial charge in [0.1, 0.15) is 18.2 Å². The molecule has 1 heterocycles. The summed E-state index contributed by atoms with van der Waals surface area (Å²) in [6, 6.07) is 22.1. The van der Waals surface area contributed by atoms with Gasteiger partial charge < -0.3 is 14.6 Å². The van der Waals surface area contributed by atoms with Crippen molar-refractivity contribution in [1.82, 2.24) is 4.98 Å². The summed E-state index contributed by atoms with van der Waals surface area (Å²) in [6.07, 6.45) is 0. The van der Waals surface area contributed by atoms with Gasteiger partial charge in [0.25, 0.3) is 0 Å². The molecule has 0 aliphatic rings. The number of carbonyl (C=O) groups excluding carboxylic acids is 1. The number of benzene rings is 3. The Bertz CT molecular complexity index is 1320. The van der Waals surface area contributed by atoms with E-state index in [1.54, 1.807) is 30.3 Å². The Morgan fingerprint density at radius 2 is 1.73 bits per heavy atom. The summed E-state index contributed by atoms with van der Waals surface area (Å²) in [7, 11) is 0. The molecule has 33 heavy (non-hydrogen) atoms. The average Bonchev–Trinajstić information content (AvgIpc) is 2.79. The van der Waals surface area contributed by atoms with Gasteiger partial charge in [-0.05, 0) is 48.0 Å². The second-order valence-corrected chi connectivity index (χ2v) is 8.26. The Morgan fingerprint density at radius 3 is 2.45 bits per heavy atom. The van der Waals surface area contributed by atoms with Crippen molar-refractivity contribution in [2.75, 3.05) is 0 Å². The summed E-state index contributed by atoms with van der Waals surface area (Å²) in [4.78, 5) is 15.5. The van der Waals surface area contributed by atoms with Crippen LogP contribution >= 0.6 is 27.5 Å². The number of carbonyl (C=O) groups is 1. The van der Waals surface area contributed by atoms with E-state index in [1.165, 1.54) is 12.1 Å². The average molecular weight is 535 g/mol. The van der Waals surface area contributed by atoms with Crippen molar-refractivity contribution >= 4 is 33.5 Å². The van der Waals surface area contributed by atoms with Crippen molar-refractivity contribution < 1.29 is 48.6 Å². The zero-order valence-electron chi connectivity index (χ0n) is 17.5. The number of ether oxygens (including phenoxy) is 1. The summed E-state index contributed by atoms with van der Waals surface area (Å²) in [6.45, 7) is 0.0121. The molecule has 0 aliphatic carbocycles. The van der Waals surface area contributed by atoms with Crippen LogP contribution in [0, 0.1) is 5.82 Å². The monoisotopic (exact) mass is 533 g/mol. The van der Waals surface area contributed by atoms with Gasteiger partial charge in [-0.2, -0.15) is 0 Å². The van der Waals surface area contributed by atoms with Gasteiger partial charge in [0, 0.05) is 26.2 Å². The van der Waals surface area contributed by atoms with Crippen molar-refractivity contribution in [2.24, 2.45) is 0 Å². The molecular formula is C25H15BrClFNNaO3. The largest absolute Gasteiger partial charge is 1.00 e. The standard InChI is InChI=1S/C25H16BrClFNO3.Na/c26-16-9-11-24(32-14-15-8-10-17(27)13-21(15)28)20(12-16)18-4-1-2-5-19(18)22-6-3-7-23(29-22)25(30)31;/h1-13H,14H2,(H,30,31);/q;+1/p-1. The van der Waals surface area contributed by atoms with E-state index in [0.29, 0.717) is 22.0 Å².